The number of nitrogens with zero attached hydrogens (tertiary/aromatic N) is 3. The minimum atomic E-state index is -0.967. The summed E-state index contributed by atoms with van der Waals surface area (Å²) >= 11 is 1.18. The van der Waals surface area contributed by atoms with Gasteiger partial charge in [-0.2, -0.15) is 0 Å². The Bertz CT molecular complexity index is 1370. The number of rotatable bonds is 11. The van der Waals surface area contributed by atoms with Gasteiger partial charge in [0.1, 0.15) is 23.1 Å². The van der Waals surface area contributed by atoms with Gasteiger partial charge in [0.15, 0.2) is 11.5 Å². The Morgan fingerprint density at radius 3 is 2.47 bits per heavy atom. The highest BCUT2D eigenvalue weighted by Crippen LogP contribution is 2.44. The molecule has 9 nitrogen and oxygen atoms in total. The van der Waals surface area contributed by atoms with Crippen molar-refractivity contribution in [3.05, 3.63) is 76.8 Å². The maximum atomic E-state index is 13.4. The fourth-order valence-electron chi connectivity index (χ4n) is 4.04. The van der Waals surface area contributed by atoms with Gasteiger partial charge in [0.25, 0.3) is 5.78 Å². The third kappa shape index (κ3) is 5.40. The Kier molecular flexibility index (Phi) is 8.42. The molecule has 0 radical (unpaired) electrons. The van der Waals surface area contributed by atoms with E-state index in [4.69, 9.17) is 14.2 Å². The van der Waals surface area contributed by atoms with Crippen LogP contribution in [0, 0.1) is 6.92 Å². The van der Waals surface area contributed by atoms with Gasteiger partial charge in [-0.05, 0) is 62.2 Å². The molecular formula is C28H29N3O6S. The van der Waals surface area contributed by atoms with Crippen LogP contribution in [0.2, 0.25) is 0 Å². The van der Waals surface area contributed by atoms with Gasteiger partial charge in [-0.25, -0.2) is 0 Å². The summed E-state index contributed by atoms with van der Waals surface area (Å²) in [6.45, 7) is 10.5. The molecule has 1 amide bonds. The third-order valence-corrected chi connectivity index (χ3v) is 6.54. The summed E-state index contributed by atoms with van der Waals surface area (Å²) in [6.07, 6.45) is 2.48. The summed E-state index contributed by atoms with van der Waals surface area (Å²) in [4.78, 5) is 28.0. The quantitative estimate of drug-likeness (QED) is 0.154. The van der Waals surface area contributed by atoms with Crippen LogP contribution in [-0.4, -0.2) is 46.8 Å². The van der Waals surface area contributed by atoms with Gasteiger partial charge in [0.2, 0.25) is 5.13 Å². The van der Waals surface area contributed by atoms with Crippen LogP contribution < -0.4 is 19.1 Å². The molecule has 198 valence electrons. The largest absolute Gasteiger partial charge is 0.507 e. The Morgan fingerprint density at radius 2 is 1.84 bits per heavy atom. The molecule has 1 fully saturated rings. The van der Waals surface area contributed by atoms with E-state index in [1.165, 1.54) is 16.2 Å². The van der Waals surface area contributed by atoms with Crippen molar-refractivity contribution in [1.29, 1.82) is 0 Å². The van der Waals surface area contributed by atoms with Crippen LogP contribution in [0.25, 0.3) is 5.76 Å². The molecule has 1 saturated heterocycles. The molecule has 1 aromatic heterocycles. The Balaban J connectivity index is 1.86. The highest BCUT2D eigenvalue weighted by atomic mass is 32.1. The van der Waals surface area contributed by atoms with Crippen LogP contribution in [0.15, 0.2) is 60.7 Å². The minimum Gasteiger partial charge on any atom is -0.507 e. The van der Waals surface area contributed by atoms with Gasteiger partial charge in [-0.1, -0.05) is 37.0 Å². The minimum absolute atomic E-state index is 0.0627. The number of aliphatic hydroxyl groups excluding tert-OH is 1. The normalized spacial score (nSPS) is 16.5. The topological polar surface area (TPSA) is 111 Å². The zero-order chi connectivity index (χ0) is 27.2. The maximum Gasteiger partial charge on any atom is 0.301 e. The number of carbonyl (C=O) groups excluding carboxylic acids is 2. The zero-order valence-electron chi connectivity index (χ0n) is 21.5. The van der Waals surface area contributed by atoms with Crippen LogP contribution in [-0.2, 0) is 9.59 Å². The number of anilines is 1. The summed E-state index contributed by atoms with van der Waals surface area (Å²) in [7, 11) is 0. The van der Waals surface area contributed by atoms with E-state index in [9.17, 15) is 14.7 Å². The fourth-order valence-corrected chi connectivity index (χ4v) is 4.76. The van der Waals surface area contributed by atoms with E-state index in [0.717, 1.165) is 6.42 Å². The first-order valence-electron chi connectivity index (χ1n) is 12.2. The molecule has 0 saturated carbocycles. The Labute approximate surface area is 225 Å². The number of benzene rings is 2. The molecule has 1 unspecified atom stereocenters. The van der Waals surface area contributed by atoms with Crippen molar-refractivity contribution in [1.82, 2.24) is 10.2 Å². The Hall–Kier alpha value is -4.18. The molecule has 1 N–H and O–H groups in total. The molecule has 0 aliphatic carbocycles. The van der Waals surface area contributed by atoms with Crippen LogP contribution in [0.3, 0.4) is 0 Å². The summed E-state index contributed by atoms with van der Waals surface area (Å²) in [5.41, 5.74) is 0.851. The fraction of sp³-hybridized carbons (Fsp3) is 0.286. The molecular weight excluding hydrogens is 506 g/mol. The van der Waals surface area contributed by atoms with Gasteiger partial charge < -0.3 is 19.3 Å². The van der Waals surface area contributed by atoms with E-state index in [1.54, 1.807) is 55.5 Å². The smallest absolute Gasteiger partial charge is 0.301 e. The number of aromatic nitrogens is 2. The average Bonchev–Trinajstić information content (AvgIpc) is 3.46. The number of amides is 1. The van der Waals surface area contributed by atoms with E-state index in [2.05, 4.69) is 16.8 Å². The van der Waals surface area contributed by atoms with Gasteiger partial charge in [-0.15, -0.1) is 10.2 Å². The second-order valence-corrected chi connectivity index (χ2v) is 9.54. The molecule has 38 heavy (non-hydrogen) atoms. The second-order valence-electron chi connectivity index (χ2n) is 8.38. The number of ketones is 1. The van der Waals surface area contributed by atoms with Crippen molar-refractivity contribution in [3.8, 4) is 17.2 Å². The van der Waals surface area contributed by atoms with Gasteiger partial charge in [-0.3, -0.25) is 14.5 Å². The van der Waals surface area contributed by atoms with E-state index in [1.807, 2.05) is 13.8 Å². The molecule has 3 aromatic rings. The predicted molar refractivity (Wildman–Crippen MR) is 145 cm³/mol. The highest BCUT2D eigenvalue weighted by molar-refractivity contribution is 7.15. The standard InChI is InChI=1S/C28H29N3O6S/c1-5-14-36-20-11-8-18(9-12-20)25(32)23-24(31(27(34)26(23)33)28-30-29-17(4)38-28)19-10-13-21(37-15-6-2)22(16-19)35-7-3/h6,8-13,16,24,32H,2,5,7,14-15H2,1,3-4H3. The summed E-state index contributed by atoms with van der Waals surface area (Å²) in [6, 6.07) is 10.9. The SMILES string of the molecule is C=CCOc1ccc(C2C(=C(O)c3ccc(OCCC)cc3)C(=O)C(=O)N2c2nnc(C)s2)cc1OCC. The maximum absolute atomic E-state index is 13.4. The lowest BCUT2D eigenvalue weighted by Gasteiger charge is -2.23. The second kappa shape index (κ2) is 11.9. The first-order valence-corrected chi connectivity index (χ1v) is 13.1. The van der Waals surface area contributed by atoms with E-state index in [-0.39, 0.29) is 23.1 Å². The molecule has 10 heteroatoms. The van der Waals surface area contributed by atoms with Crippen molar-refractivity contribution >= 4 is 33.9 Å². The van der Waals surface area contributed by atoms with E-state index >= 15 is 0 Å². The molecule has 2 aromatic carbocycles. The van der Waals surface area contributed by atoms with Crippen molar-refractivity contribution in [2.45, 2.75) is 33.2 Å². The molecule has 4 rings (SSSR count). The number of hydrogen-bond acceptors (Lipinski definition) is 9. The lowest BCUT2D eigenvalue weighted by atomic mass is 9.95. The number of aryl methyl sites for hydroxylation is 1. The van der Waals surface area contributed by atoms with Gasteiger partial charge in [0.05, 0.1) is 24.8 Å². The van der Waals surface area contributed by atoms with E-state index in [0.29, 0.717) is 46.6 Å². The van der Waals surface area contributed by atoms with Crippen molar-refractivity contribution in [2.75, 3.05) is 24.7 Å². The Morgan fingerprint density at radius 1 is 1.08 bits per heavy atom. The average molecular weight is 536 g/mol. The highest BCUT2D eigenvalue weighted by Gasteiger charge is 2.48. The van der Waals surface area contributed by atoms with Crippen molar-refractivity contribution in [3.63, 3.8) is 0 Å². The first kappa shape index (κ1) is 26.9. The molecule has 0 spiro atoms. The van der Waals surface area contributed by atoms with Crippen LogP contribution >= 0.6 is 11.3 Å². The first-order chi connectivity index (χ1) is 18.4. The van der Waals surface area contributed by atoms with E-state index < -0.39 is 17.7 Å². The van der Waals surface area contributed by atoms with Crippen molar-refractivity contribution in [2.24, 2.45) is 0 Å². The van der Waals surface area contributed by atoms with Gasteiger partial charge in [0, 0.05) is 5.56 Å². The lowest BCUT2D eigenvalue weighted by molar-refractivity contribution is -0.132. The van der Waals surface area contributed by atoms with Crippen LogP contribution in [0.5, 0.6) is 17.2 Å². The third-order valence-electron chi connectivity index (χ3n) is 5.71. The summed E-state index contributed by atoms with van der Waals surface area (Å²) in [5.74, 6) is -0.368. The molecule has 1 aliphatic heterocycles. The summed E-state index contributed by atoms with van der Waals surface area (Å²) in [5, 5.41) is 20.4. The number of aliphatic hydroxyl groups is 1. The number of carbonyl (C=O) groups is 2. The zero-order valence-corrected chi connectivity index (χ0v) is 22.3. The molecule has 2 heterocycles. The lowest BCUT2D eigenvalue weighted by Crippen LogP contribution is -2.29. The number of ether oxygens (including phenoxy) is 3. The molecule has 1 aliphatic rings. The van der Waals surface area contributed by atoms with Crippen LogP contribution in [0.4, 0.5) is 5.13 Å². The summed E-state index contributed by atoms with van der Waals surface area (Å²) < 4.78 is 17.1. The predicted octanol–water partition coefficient (Wildman–Crippen LogP) is 5.23. The van der Waals surface area contributed by atoms with Gasteiger partial charge >= 0.3 is 5.91 Å². The number of hydrogen-bond donors (Lipinski definition) is 1. The molecule has 1 atom stereocenters. The number of Topliss-reactive ketones (excluding diaryl/α,β-unsaturated/α-hetero) is 1. The monoisotopic (exact) mass is 535 g/mol. The van der Waals surface area contributed by atoms with Crippen molar-refractivity contribution < 1.29 is 28.9 Å². The molecule has 0 bridgehead atoms. The van der Waals surface area contributed by atoms with Crippen LogP contribution in [0.1, 0.15) is 42.4 Å².